The minimum Gasteiger partial charge on any atom is -0.334 e. The summed E-state index contributed by atoms with van der Waals surface area (Å²) in [5.41, 5.74) is 1.98. The molecule has 0 aliphatic heterocycles. The van der Waals surface area contributed by atoms with Crippen LogP contribution in [0.5, 0.6) is 0 Å². The molecule has 7 nitrogen and oxygen atoms in total. The summed E-state index contributed by atoms with van der Waals surface area (Å²) in [5.74, 6) is -0.132. The van der Waals surface area contributed by atoms with Gasteiger partial charge in [-0.2, -0.15) is 0 Å². The van der Waals surface area contributed by atoms with Crippen LogP contribution in [-0.2, 0) is 22.3 Å². The van der Waals surface area contributed by atoms with E-state index < -0.39 is 10.0 Å². The van der Waals surface area contributed by atoms with Gasteiger partial charge in [-0.25, -0.2) is 17.9 Å². The Hall–Kier alpha value is -2.45. The summed E-state index contributed by atoms with van der Waals surface area (Å²) in [6.07, 6.45) is 3.16. The van der Waals surface area contributed by atoms with Gasteiger partial charge in [0.1, 0.15) is 0 Å². The van der Waals surface area contributed by atoms with E-state index in [1.165, 1.54) is 6.20 Å². The fourth-order valence-electron chi connectivity index (χ4n) is 2.26. The molecule has 0 spiro atoms. The minimum atomic E-state index is -3.43. The van der Waals surface area contributed by atoms with E-state index in [2.05, 4.69) is 20.3 Å². The molecule has 0 radical (unpaired) electrons. The van der Waals surface area contributed by atoms with Gasteiger partial charge < -0.3 is 10.6 Å². The molecule has 0 unspecified atom stereocenters. The lowest BCUT2D eigenvalue weighted by Crippen LogP contribution is -2.32. The van der Waals surface area contributed by atoms with Crippen LogP contribution in [0.2, 0.25) is 0 Å². The summed E-state index contributed by atoms with van der Waals surface area (Å²) in [7, 11) is -3.43. The second kappa shape index (κ2) is 8.59. The fourth-order valence-corrected chi connectivity index (χ4v) is 3.76. The number of amides is 2. The molecule has 25 heavy (non-hydrogen) atoms. The average Bonchev–Trinajstić information content (AvgIpc) is 2.53. The number of carbonyl (C=O) groups is 1. The number of hydrogen-bond acceptors (Lipinski definition) is 4. The predicted octanol–water partition coefficient (Wildman–Crippen LogP) is 2.23. The Labute approximate surface area is 147 Å². The highest BCUT2D eigenvalue weighted by atomic mass is 32.2. The molecule has 2 rings (SSSR count). The zero-order valence-corrected chi connectivity index (χ0v) is 15.0. The Morgan fingerprint density at radius 3 is 2.48 bits per heavy atom. The summed E-state index contributed by atoms with van der Waals surface area (Å²) in [4.78, 5) is 15.9. The number of hydrogen-bond donors (Lipinski definition) is 3. The van der Waals surface area contributed by atoms with Crippen molar-refractivity contribution >= 4 is 21.7 Å². The van der Waals surface area contributed by atoms with E-state index in [1.54, 1.807) is 50.4 Å². The maximum absolute atomic E-state index is 12.1. The molecule has 0 aliphatic rings. The van der Waals surface area contributed by atoms with E-state index in [1.807, 2.05) is 6.07 Å². The largest absolute Gasteiger partial charge is 0.334 e. The van der Waals surface area contributed by atoms with Crippen molar-refractivity contribution in [3.8, 4) is 0 Å². The van der Waals surface area contributed by atoms with Crippen LogP contribution in [0.15, 0.2) is 48.8 Å². The number of rotatable bonds is 7. The van der Waals surface area contributed by atoms with Gasteiger partial charge in [-0.05, 0) is 37.1 Å². The summed E-state index contributed by atoms with van der Waals surface area (Å²) in [6.45, 7) is 3.76. The monoisotopic (exact) mass is 362 g/mol. The Morgan fingerprint density at radius 1 is 1.12 bits per heavy atom. The van der Waals surface area contributed by atoms with Gasteiger partial charge in [0.15, 0.2) is 0 Å². The SMILES string of the molecule is CC(C)NS(=O)(=O)Cc1ccccc1CNC(=O)Nc1cccnc1. The molecule has 1 heterocycles. The first-order chi connectivity index (χ1) is 11.9. The number of sulfonamides is 1. The lowest BCUT2D eigenvalue weighted by molar-refractivity contribution is 0.251. The van der Waals surface area contributed by atoms with E-state index in [0.29, 0.717) is 11.3 Å². The van der Waals surface area contributed by atoms with Crippen LogP contribution in [0.3, 0.4) is 0 Å². The predicted molar refractivity (Wildman–Crippen MR) is 97.4 cm³/mol. The van der Waals surface area contributed by atoms with Crippen molar-refractivity contribution in [2.24, 2.45) is 0 Å². The summed E-state index contributed by atoms with van der Waals surface area (Å²) in [6, 6.07) is 10.0. The van der Waals surface area contributed by atoms with Gasteiger partial charge >= 0.3 is 6.03 Å². The molecule has 3 N–H and O–H groups in total. The number of pyridine rings is 1. The highest BCUT2D eigenvalue weighted by molar-refractivity contribution is 7.88. The Kier molecular flexibility index (Phi) is 6.49. The number of nitrogens with one attached hydrogen (secondary N) is 3. The van der Waals surface area contributed by atoms with Gasteiger partial charge in [0.05, 0.1) is 17.6 Å². The van der Waals surface area contributed by atoms with Crippen LogP contribution in [0.1, 0.15) is 25.0 Å². The standard InChI is InChI=1S/C17H22N4O3S/c1-13(2)21-25(23,24)12-15-7-4-3-6-14(15)10-19-17(22)20-16-8-5-9-18-11-16/h3-9,11,13,21H,10,12H2,1-2H3,(H2,19,20,22). The maximum Gasteiger partial charge on any atom is 0.319 e. The molecule has 1 aromatic carbocycles. The fraction of sp³-hybridized carbons (Fsp3) is 0.294. The second-order valence-electron chi connectivity index (χ2n) is 5.85. The first-order valence-electron chi connectivity index (χ1n) is 7.87. The van der Waals surface area contributed by atoms with Crippen molar-refractivity contribution in [1.82, 2.24) is 15.0 Å². The highest BCUT2D eigenvalue weighted by Gasteiger charge is 2.15. The molecule has 2 aromatic rings. The highest BCUT2D eigenvalue weighted by Crippen LogP contribution is 2.12. The van der Waals surface area contributed by atoms with E-state index in [0.717, 1.165) is 5.56 Å². The molecule has 0 saturated heterocycles. The molecule has 2 amide bonds. The first-order valence-corrected chi connectivity index (χ1v) is 9.52. The van der Waals surface area contributed by atoms with Crippen molar-refractivity contribution in [2.75, 3.05) is 5.32 Å². The van der Waals surface area contributed by atoms with Crippen molar-refractivity contribution in [3.63, 3.8) is 0 Å². The van der Waals surface area contributed by atoms with Gasteiger partial charge in [0.2, 0.25) is 10.0 Å². The normalized spacial score (nSPS) is 11.3. The Balaban J connectivity index is 1.99. The average molecular weight is 362 g/mol. The molecule has 0 fully saturated rings. The molecule has 8 heteroatoms. The lowest BCUT2D eigenvalue weighted by Gasteiger charge is -2.13. The third kappa shape index (κ3) is 6.52. The van der Waals surface area contributed by atoms with Gasteiger partial charge in [-0.3, -0.25) is 4.98 Å². The van der Waals surface area contributed by atoms with Crippen LogP contribution in [0.4, 0.5) is 10.5 Å². The number of urea groups is 1. The number of aromatic nitrogens is 1. The molecular weight excluding hydrogens is 340 g/mol. The smallest absolute Gasteiger partial charge is 0.319 e. The van der Waals surface area contributed by atoms with Gasteiger partial charge in [-0.15, -0.1) is 0 Å². The van der Waals surface area contributed by atoms with Gasteiger partial charge in [-0.1, -0.05) is 24.3 Å². The summed E-state index contributed by atoms with van der Waals surface area (Å²) >= 11 is 0. The molecule has 0 aliphatic carbocycles. The van der Waals surface area contributed by atoms with Crippen molar-refractivity contribution < 1.29 is 13.2 Å². The number of anilines is 1. The molecule has 1 aromatic heterocycles. The van der Waals surface area contributed by atoms with Crippen molar-refractivity contribution in [1.29, 1.82) is 0 Å². The zero-order chi connectivity index (χ0) is 18.3. The molecular formula is C17H22N4O3S. The molecule has 0 saturated carbocycles. The van der Waals surface area contributed by atoms with Gasteiger partial charge in [0.25, 0.3) is 0 Å². The quantitative estimate of drug-likeness (QED) is 0.703. The topological polar surface area (TPSA) is 100 Å². The number of nitrogens with zero attached hydrogens (tertiary/aromatic N) is 1. The Morgan fingerprint density at radius 2 is 1.84 bits per heavy atom. The van der Waals surface area contributed by atoms with E-state index in [9.17, 15) is 13.2 Å². The first kappa shape index (κ1) is 18.9. The van der Waals surface area contributed by atoms with Gasteiger partial charge in [0, 0.05) is 18.8 Å². The molecule has 0 atom stereocenters. The zero-order valence-electron chi connectivity index (χ0n) is 14.2. The van der Waals surface area contributed by atoms with E-state index in [4.69, 9.17) is 0 Å². The van der Waals surface area contributed by atoms with Crippen LogP contribution in [0.25, 0.3) is 0 Å². The van der Waals surface area contributed by atoms with Crippen LogP contribution in [0, 0.1) is 0 Å². The minimum absolute atomic E-state index is 0.132. The van der Waals surface area contributed by atoms with Crippen molar-refractivity contribution in [3.05, 3.63) is 59.9 Å². The maximum atomic E-state index is 12.1. The molecule has 0 bridgehead atoms. The van der Waals surface area contributed by atoms with Crippen LogP contribution < -0.4 is 15.4 Å². The summed E-state index contributed by atoms with van der Waals surface area (Å²) < 4.78 is 26.8. The number of benzene rings is 1. The van der Waals surface area contributed by atoms with E-state index >= 15 is 0 Å². The van der Waals surface area contributed by atoms with Crippen LogP contribution >= 0.6 is 0 Å². The second-order valence-corrected chi connectivity index (χ2v) is 7.60. The van der Waals surface area contributed by atoms with Crippen LogP contribution in [-0.4, -0.2) is 25.5 Å². The molecule has 134 valence electrons. The lowest BCUT2D eigenvalue weighted by atomic mass is 10.1. The van der Waals surface area contributed by atoms with Crippen molar-refractivity contribution in [2.45, 2.75) is 32.2 Å². The Bertz CT molecular complexity index is 808. The summed E-state index contributed by atoms with van der Waals surface area (Å²) in [5, 5.41) is 5.38. The third-order valence-electron chi connectivity index (χ3n) is 3.24. The number of carbonyl (C=O) groups excluding carboxylic acids is 1. The third-order valence-corrected chi connectivity index (χ3v) is 4.76. The van der Waals surface area contributed by atoms with E-state index in [-0.39, 0.29) is 24.4 Å².